The standard InChI is InChI=1S/C17H27N3O4/c1-17(2)11-20(6-5-19-17)9-12-7-13(22-3)16(14(8-12)23-4)24-10-15(18)21/h7-8,19H,5-6,9-11H2,1-4H3,(H2,18,21). The molecule has 7 nitrogen and oxygen atoms in total. The van der Waals surface area contributed by atoms with Gasteiger partial charge in [0.15, 0.2) is 18.1 Å². The topological polar surface area (TPSA) is 86.1 Å². The number of nitrogens with zero attached hydrogens (tertiary/aromatic N) is 1. The number of benzene rings is 1. The van der Waals surface area contributed by atoms with Gasteiger partial charge in [-0.15, -0.1) is 0 Å². The number of rotatable bonds is 7. The lowest BCUT2D eigenvalue weighted by Gasteiger charge is -2.39. The lowest BCUT2D eigenvalue weighted by molar-refractivity contribution is -0.119. The summed E-state index contributed by atoms with van der Waals surface area (Å²) in [5.74, 6) is 0.898. The van der Waals surface area contributed by atoms with E-state index in [1.165, 1.54) is 0 Å². The first kappa shape index (κ1) is 18.4. The van der Waals surface area contributed by atoms with E-state index in [0.29, 0.717) is 17.2 Å². The molecule has 1 heterocycles. The Hall–Kier alpha value is -1.99. The number of primary amides is 1. The van der Waals surface area contributed by atoms with Crippen LogP contribution in [0.25, 0.3) is 0 Å². The number of hydrogen-bond acceptors (Lipinski definition) is 6. The average molecular weight is 337 g/mol. The largest absolute Gasteiger partial charge is 0.493 e. The number of piperazine rings is 1. The van der Waals surface area contributed by atoms with Gasteiger partial charge in [-0.2, -0.15) is 0 Å². The molecular formula is C17H27N3O4. The number of carbonyl (C=O) groups excluding carboxylic acids is 1. The Kier molecular flexibility index (Phi) is 5.90. The molecule has 0 saturated carbocycles. The number of ether oxygens (including phenoxy) is 3. The first-order valence-electron chi connectivity index (χ1n) is 7.98. The third-order valence-electron chi connectivity index (χ3n) is 3.94. The summed E-state index contributed by atoms with van der Waals surface area (Å²) < 4.78 is 16.2. The van der Waals surface area contributed by atoms with E-state index in [0.717, 1.165) is 31.7 Å². The highest BCUT2D eigenvalue weighted by Gasteiger charge is 2.26. The second-order valence-electron chi connectivity index (χ2n) is 6.61. The van der Waals surface area contributed by atoms with Crippen LogP contribution in [-0.2, 0) is 11.3 Å². The van der Waals surface area contributed by atoms with Crippen molar-refractivity contribution in [1.29, 1.82) is 0 Å². The van der Waals surface area contributed by atoms with Crippen LogP contribution in [-0.4, -0.2) is 56.8 Å². The number of nitrogens with two attached hydrogens (primary N) is 1. The van der Waals surface area contributed by atoms with Gasteiger partial charge in [0.2, 0.25) is 5.75 Å². The van der Waals surface area contributed by atoms with E-state index in [2.05, 4.69) is 24.1 Å². The molecule has 24 heavy (non-hydrogen) atoms. The van der Waals surface area contributed by atoms with E-state index in [1.807, 2.05) is 12.1 Å². The van der Waals surface area contributed by atoms with Crippen molar-refractivity contribution >= 4 is 5.91 Å². The predicted molar refractivity (Wildman–Crippen MR) is 91.6 cm³/mol. The van der Waals surface area contributed by atoms with E-state index in [-0.39, 0.29) is 12.1 Å². The Morgan fingerprint density at radius 1 is 1.29 bits per heavy atom. The van der Waals surface area contributed by atoms with E-state index in [9.17, 15) is 4.79 Å². The Morgan fingerprint density at radius 3 is 2.42 bits per heavy atom. The smallest absolute Gasteiger partial charge is 0.255 e. The zero-order chi connectivity index (χ0) is 17.7. The Morgan fingerprint density at radius 2 is 1.92 bits per heavy atom. The fourth-order valence-corrected chi connectivity index (χ4v) is 2.95. The predicted octanol–water partition coefficient (Wildman–Crippen LogP) is 0.752. The Balaban J connectivity index is 2.20. The van der Waals surface area contributed by atoms with Gasteiger partial charge in [0.25, 0.3) is 5.91 Å². The highest BCUT2D eigenvalue weighted by molar-refractivity contribution is 5.75. The molecule has 2 rings (SSSR count). The molecule has 0 aliphatic carbocycles. The van der Waals surface area contributed by atoms with Crippen LogP contribution in [0.1, 0.15) is 19.4 Å². The number of nitrogens with one attached hydrogen (secondary N) is 1. The van der Waals surface area contributed by atoms with Crippen molar-refractivity contribution in [3.8, 4) is 17.2 Å². The molecule has 1 fully saturated rings. The van der Waals surface area contributed by atoms with E-state index >= 15 is 0 Å². The summed E-state index contributed by atoms with van der Waals surface area (Å²) in [6.45, 7) is 7.85. The fourth-order valence-electron chi connectivity index (χ4n) is 2.95. The lowest BCUT2D eigenvalue weighted by Crippen LogP contribution is -2.56. The minimum atomic E-state index is -0.550. The van der Waals surface area contributed by atoms with Crippen molar-refractivity contribution in [3.05, 3.63) is 17.7 Å². The third-order valence-corrected chi connectivity index (χ3v) is 3.94. The molecule has 1 aromatic rings. The monoisotopic (exact) mass is 337 g/mol. The lowest BCUT2D eigenvalue weighted by atomic mass is 10.0. The molecule has 0 bridgehead atoms. The molecule has 1 aliphatic rings. The summed E-state index contributed by atoms with van der Waals surface area (Å²) in [6.07, 6.45) is 0. The molecule has 0 aromatic heterocycles. The van der Waals surface area contributed by atoms with Crippen LogP contribution in [0.15, 0.2) is 12.1 Å². The molecule has 0 spiro atoms. The highest BCUT2D eigenvalue weighted by Crippen LogP contribution is 2.39. The second-order valence-corrected chi connectivity index (χ2v) is 6.61. The molecule has 3 N–H and O–H groups in total. The van der Waals surface area contributed by atoms with Crippen LogP contribution in [0.3, 0.4) is 0 Å². The summed E-state index contributed by atoms with van der Waals surface area (Å²) in [4.78, 5) is 13.3. The summed E-state index contributed by atoms with van der Waals surface area (Å²) in [7, 11) is 3.12. The Bertz CT molecular complexity index is 564. The van der Waals surface area contributed by atoms with Crippen molar-refractivity contribution < 1.29 is 19.0 Å². The summed E-state index contributed by atoms with van der Waals surface area (Å²) in [5, 5.41) is 3.50. The number of amides is 1. The molecule has 1 amide bonds. The van der Waals surface area contributed by atoms with Gasteiger partial charge in [-0.3, -0.25) is 9.69 Å². The quantitative estimate of drug-likeness (QED) is 0.764. The first-order valence-corrected chi connectivity index (χ1v) is 7.98. The van der Waals surface area contributed by atoms with E-state index < -0.39 is 5.91 Å². The number of hydrogen-bond donors (Lipinski definition) is 2. The number of methoxy groups -OCH3 is 2. The molecule has 1 aliphatic heterocycles. The second kappa shape index (κ2) is 7.72. The maximum absolute atomic E-state index is 11.0. The maximum Gasteiger partial charge on any atom is 0.255 e. The van der Waals surface area contributed by atoms with E-state index in [4.69, 9.17) is 19.9 Å². The van der Waals surface area contributed by atoms with Crippen LogP contribution < -0.4 is 25.3 Å². The van der Waals surface area contributed by atoms with Gasteiger partial charge in [-0.05, 0) is 31.5 Å². The third kappa shape index (κ3) is 4.75. The van der Waals surface area contributed by atoms with Crippen molar-refractivity contribution in [2.45, 2.75) is 25.9 Å². The van der Waals surface area contributed by atoms with Crippen molar-refractivity contribution in [1.82, 2.24) is 10.2 Å². The van der Waals surface area contributed by atoms with Crippen molar-refractivity contribution in [2.24, 2.45) is 5.73 Å². The van der Waals surface area contributed by atoms with Gasteiger partial charge < -0.3 is 25.3 Å². The molecular weight excluding hydrogens is 310 g/mol. The molecule has 0 unspecified atom stereocenters. The molecule has 1 aromatic carbocycles. The fraction of sp³-hybridized carbons (Fsp3) is 0.588. The number of carbonyl (C=O) groups is 1. The van der Waals surface area contributed by atoms with Gasteiger partial charge in [0.05, 0.1) is 14.2 Å². The maximum atomic E-state index is 11.0. The zero-order valence-electron chi connectivity index (χ0n) is 14.8. The summed E-state index contributed by atoms with van der Waals surface area (Å²) in [5.41, 5.74) is 6.30. The van der Waals surface area contributed by atoms with Gasteiger partial charge >= 0.3 is 0 Å². The Labute approximate surface area is 143 Å². The van der Waals surface area contributed by atoms with Crippen LogP contribution in [0, 0.1) is 0 Å². The molecule has 0 atom stereocenters. The van der Waals surface area contributed by atoms with Crippen molar-refractivity contribution in [2.75, 3.05) is 40.5 Å². The van der Waals surface area contributed by atoms with Gasteiger partial charge in [0, 0.05) is 31.7 Å². The molecule has 7 heteroatoms. The first-order chi connectivity index (χ1) is 11.3. The van der Waals surface area contributed by atoms with Gasteiger partial charge in [-0.25, -0.2) is 0 Å². The van der Waals surface area contributed by atoms with Gasteiger partial charge in [-0.1, -0.05) is 0 Å². The highest BCUT2D eigenvalue weighted by atomic mass is 16.5. The summed E-state index contributed by atoms with van der Waals surface area (Å²) in [6, 6.07) is 3.82. The average Bonchev–Trinajstić information content (AvgIpc) is 2.51. The molecule has 1 saturated heterocycles. The van der Waals surface area contributed by atoms with Crippen molar-refractivity contribution in [3.63, 3.8) is 0 Å². The zero-order valence-corrected chi connectivity index (χ0v) is 14.8. The van der Waals surface area contributed by atoms with Crippen LogP contribution in [0.4, 0.5) is 0 Å². The van der Waals surface area contributed by atoms with Crippen LogP contribution in [0.5, 0.6) is 17.2 Å². The van der Waals surface area contributed by atoms with Gasteiger partial charge in [0.1, 0.15) is 0 Å². The molecule has 0 radical (unpaired) electrons. The van der Waals surface area contributed by atoms with E-state index in [1.54, 1.807) is 14.2 Å². The normalized spacial score (nSPS) is 17.3. The van der Waals surface area contributed by atoms with Crippen LogP contribution in [0.2, 0.25) is 0 Å². The summed E-state index contributed by atoms with van der Waals surface area (Å²) >= 11 is 0. The van der Waals surface area contributed by atoms with Crippen LogP contribution >= 0.6 is 0 Å². The molecule has 134 valence electrons. The minimum absolute atomic E-state index is 0.0942. The minimum Gasteiger partial charge on any atom is -0.493 e. The SMILES string of the molecule is COc1cc(CN2CCNC(C)(C)C2)cc(OC)c1OCC(N)=O.